The number of carbonyl (C=O) groups is 1. The lowest BCUT2D eigenvalue weighted by molar-refractivity contribution is 0.0997. The van der Waals surface area contributed by atoms with E-state index in [1.165, 1.54) is 11.8 Å². The van der Waals surface area contributed by atoms with Gasteiger partial charge in [-0.2, -0.15) is 0 Å². The van der Waals surface area contributed by atoms with Gasteiger partial charge >= 0.3 is 0 Å². The molecule has 2 N–H and O–H groups in total. The molecule has 1 aromatic heterocycles. The van der Waals surface area contributed by atoms with Crippen LogP contribution >= 0.6 is 23.4 Å². The van der Waals surface area contributed by atoms with Crippen LogP contribution in [-0.2, 0) is 5.75 Å². The molecule has 2 aromatic rings. The van der Waals surface area contributed by atoms with Crippen molar-refractivity contribution in [3.05, 3.63) is 46.6 Å². The van der Waals surface area contributed by atoms with Gasteiger partial charge in [-0.05, 0) is 29.8 Å². The minimum absolute atomic E-state index is 0.178. The van der Waals surface area contributed by atoms with Crippen LogP contribution in [0, 0.1) is 0 Å². The molecule has 1 aliphatic heterocycles. The van der Waals surface area contributed by atoms with Crippen molar-refractivity contribution in [1.29, 1.82) is 0 Å². The number of ether oxygens (including phenoxy) is 2. The molecule has 1 aliphatic rings. The fourth-order valence-electron chi connectivity index (χ4n) is 1.95. The molecule has 0 spiro atoms. The number of fused-ring (bicyclic) bond motifs is 1. The van der Waals surface area contributed by atoms with Crippen molar-refractivity contribution in [3.8, 4) is 11.5 Å². The normalized spacial score (nSPS) is 12.4. The molecule has 0 bridgehead atoms. The Balaban J connectivity index is 1.80. The van der Waals surface area contributed by atoms with Crippen molar-refractivity contribution in [3.63, 3.8) is 0 Å². The molecule has 21 heavy (non-hydrogen) atoms. The third-order valence-electron chi connectivity index (χ3n) is 2.90. The van der Waals surface area contributed by atoms with E-state index < -0.39 is 5.91 Å². The first-order chi connectivity index (χ1) is 10.1. The van der Waals surface area contributed by atoms with E-state index in [1.54, 1.807) is 18.3 Å². The van der Waals surface area contributed by atoms with Crippen LogP contribution in [0.4, 0.5) is 0 Å². The van der Waals surface area contributed by atoms with Gasteiger partial charge in [0.1, 0.15) is 5.03 Å². The van der Waals surface area contributed by atoms with Gasteiger partial charge in [-0.25, -0.2) is 4.98 Å². The fraction of sp³-hybridized carbons (Fsp3) is 0.143. The van der Waals surface area contributed by atoms with Crippen molar-refractivity contribution in [2.75, 3.05) is 6.79 Å². The molecule has 0 radical (unpaired) electrons. The number of pyridine rings is 1. The summed E-state index contributed by atoms with van der Waals surface area (Å²) in [5, 5.41) is 1.11. The van der Waals surface area contributed by atoms with Crippen LogP contribution in [0.5, 0.6) is 11.5 Å². The highest BCUT2D eigenvalue weighted by molar-refractivity contribution is 7.98. The second kappa shape index (κ2) is 5.83. The number of primary amides is 1. The quantitative estimate of drug-likeness (QED) is 0.876. The number of halogens is 1. The van der Waals surface area contributed by atoms with Crippen molar-refractivity contribution >= 4 is 29.3 Å². The number of nitrogens with two attached hydrogens (primary N) is 1. The first-order valence-corrected chi connectivity index (χ1v) is 7.47. The molecule has 2 heterocycles. The van der Waals surface area contributed by atoms with Crippen LogP contribution in [0.3, 0.4) is 0 Å². The molecule has 0 fully saturated rings. The van der Waals surface area contributed by atoms with E-state index in [2.05, 4.69) is 4.98 Å². The molecule has 1 aromatic carbocycles. The predicted molar refractivity (Wildman–Crippen MR) is 79.9 cm³/mol. The van der Waals surface area contributed by atoms with Gasteiger partial charge in [-0.15, -0.1) is 11.8 Å². The number of carbonyl (C=O) groups excluding carboxylic acids is 1. The highest BCUT2D eigenvalue weighted by Crippen LogP contribution is 2.40. The third-order valence-corrected chi connectivity index (χ3v) is 4.26. The summed E-state index contributed by atoms with van der Waals surface area (Å²) in [5.74, 6) is 1.30. The van der Waals surface area contributed by atoms with E-state index in [0.717, 1.165) is 5.56 Å². The van der Waals surface area contributed by atoms with Gasteiger partial charge in [-0.3, -0.25) is 4.79 Å². The number of aromatic nitrogens is 1. The third kappa shape index (κ3) is 2.91. The Labute approximate surface area is 130 Å². The van der Waals surface area contributed by atoms with Crippen LogP contribution in [0.25, 0.3) is 0 Å². The summed E-state index contributed by atoms with van der Waals surface area (Å²) in [6.07, 6.45) is 1.63. The first-order valence-electron chi connectivity index (χ1n) is 6.11. The Morgan fingerprint density at radius 2 is 2.29 bits per heavy atom. The zero-order chi connectivity index (χ0) is 14.8. The standard InChI is InChI=1S/C14H11ClN2O3S/c15-10-4-8(5-11-12(10)20-7-19-11)6-21-14-9(13(16)18)2-1-3-17-14/h1-5H,6-7H2,(H2,16,18). The maximum Gasteiger partial charge on any atom is 0.251 e. The maximum absolute atomic E-state index is 11.4. The highest BCUT2D eigenvalue weighted by atomic mass is 35.5. The molecule has 3 rings (SSSR count). The van der Waals surface area contributed by atoms with Gasteiger partial charge in [0.15, 0.2) is 11.5 Å². The minimum Gasteiger partial charge on any atom is -0.454 e. The molecule has 7 heteroatoms. The number of amides is 1. The van der Waals surface area contributed by atoms with Gasteiger partial charge in [-0.1, -0.05) is 11.6 Å². The van der Waals surface area contributed by atoms with Crippen molar-refractivity contribution in [1.82, 2.24) is 4.98 Å². The summed E-state index contributed by atoms with van der Waals surface area (Å²) in [6.45, 7) is 0.178. The number of thioether (sulfide) groups is 1. The van der Waals surface area contributed by atoms with Crippen LogP contribution in [0.1, 0.15) is 15.9 Å². The molecular weight excluding hydrogens is 312 g/mol. The van der Waals surface area contributed by atoms with Gasteiger partial charge < -0.3 is 15.2 Å². The zero-order valence-electron chi connectivity index (χ0n) is 10.8. The molecule has 0 unspecified atom stereocenters. The molecule has 0 saturated heterocycles. The van der Waals surface area contributed by atoms with Crippen molar-refractivity contribution < 1.29 is 14.3 Å². The summed E-state index contributed by atoms with van der Waals surface area (Å²) in [7, 11) is 0. The molecule has 5 nitrogen and oxygen atoms in total. The van der Waals surface area contributed by atoms with E-state index >= 15 is 0 Å². The average molecular weight is 323 g/mol. The van der Waals surface area contributed by atoms with Crippen molar-refractivity contribution in [2.24, 2.45) is 5.73 Å². The Hall–Kier alpha value is -1.92. The lowest BCUT2D eigenvalue weighted by atomic mass is 10.2. The van der Waals surface area contributed by atoms with Crippen LogP contribution < -0.4 is 15.2 Å². The van der Waals surface area contributed by atoms with Gasteiger partial charge in [0.05, 0.1) is 10.6 Å². The Kier molecular flexibility index (Phi) is 3.90. The van der Waals surface area contributed by atoms with E-state index in [0.29, 0.717) is 32.9 Å². The minimum atomic E-state index is -0.491. The average Bonchev–Trinajstić information content (AvgIpc) is 2.94. The first kappa shape index (κ1) is 14.0. The maximum atomic E-state index is 11.4. The van der Waals surface area contributed by atoms with Gasteiger partial charge in [0.25, 0.3) is 5.91 Å². The molecule has 1 amide bonds. The monoisotopic (exact) mass is 322 g/mol. The lowest BCUT2D eigenvalue weighted by Gasteiger charge is -2.07. The number of hydrogen-bond donors (Lipinski definition) is 1. The summed E-state index contributed by atoms with van der Waals surface area (Å²) in [5.41, 5.74) is 6.70. The van der Waals surface area contributed by atoms with E-state index in [1.807, 2.05) is 12.1 Å². The van der Waals surface area contributed by atoms with Crippen LogP contribution in [-0.4, -0.2) is 17.7 Å². The van der Waals surface area contributed by atoms with Gasteiger partial charge in [0, 0.05) is 11.9 Å². The number of nitrogens with zero attached hydrogens (tertiary/aromatic N) is 1. The summed E-state index contributed by atoms with van der Waals surface area (Å²) in [4.78, 5) is 15.5. The molecule has 0 saturated carbocycles. The SMILES string of the molecule is NC(=O)c1cccnc1SCc1cc(Cl)c2c(c1)OCO2. The Bertz CT molecular complexity index is 709. The zero-order valence-corrected chi connectivity index (χ0v) is 12.4. The molecular formula is C14H11ClN2O3S. The molecule has 108 valence electrons. The number of benzene rings is 1. The lowest BCUT2D eigenvalue weighted by Crippen LogP contribution is -2.12. The topological polar surface area (TPSA) is 74.4 Å². The number of hydrogen-bond acceptors (Lipinski definition) is 5. The smallest absolute Gasteiger partial charge is 0.251 e. The highest BCUT2D eigenvalue weighted by Gasteiger charge is 2.18. The summed E-state index contributed by atoms with van der Waals surface area (Å²) in [6, 6.07) is 7.02. The predicted octanol–water partition coefficient (Wildman–Crippen LogP) is 2.85. The largest absolute Gasteiger partial charge is 0.454 e. The molecule has 0 atom stereocenters. The van der Waals surface area contributed by atoms with Crippen LogP contribution in [0.2, 0.25) is 5.02 Å². The van der Waals surface area contributed by atoms with E-state index in [4.69, 9.17) is 26.8 Å². The second-order valence-corrected chi connectivity index (χ2v) is 5.69. The van der Waals surface area contributed by atoms with Gasteiger partial charge in [0.2, 0.25) is 6.79 Å². The van der Waals surface area contributed by atoms with Crippen LogP contribution in [0.15, 0.2) is 35.5 Å². The van der Waals surface area contributed by atoms with Crippen molar-refractivity contribution in [2.45, 2.75) is 10.8 Å². The second-order valence-electron chi connectivity index (χ2n) is 4.32. The Morgan fingerprint density at radius 3 is 3.10 bits per heavy atom. The van der Waals surface area contributed by atoms with E-state index in [-0.39, 0.29) is 6.79 Å². The summed E-state index contributed by atoms with van der Waals surface area (Å²) >= 11 is 7.55. The number of rotatable bonds is 4. The summed E-state index contributed by atoms with van der Waals surface area (Å²) < 4.78 is 10.6. The van der Waals surface area contributed by atoms with E-state index in [9.17, 15) is 4.79 Å². The Morgan fingerprint density at radius 1 is 1.43 bits per heavy atom. The molecule has 0 aliphatic carbocycles. The fourth-order valence-corrected chi connectivity index (χ4v) is 3.17.